The van der Waals surface area contributed by atoms with E-state index in [9.17, 15) is 4.39 Å². The van der Waals surface area contributed by atoms with Crippen LogP contribution in [0.4, 0.5) is 4.39 Å². The molecule has 0 nitrogen and oxygen atoms in total. The summed E-state index contributed by atoms with van der Waals surface area (Å²) in [6.07, 6.45) is 16.7. The first-order valence-electron chi connectivity index (χ1n) is 11.8. The molecule has 0 heterocycles. The first-order chi connectivity index (χ1) is 14.3. The summed E-state index contributed by atoms with van der Waals surface area (Å²) in [5, 5.41) is 0. The lowest BCUT2D eigenvalue weighted by molar-refractivity contribution is 0.235. The van der Waals surface area contributed by atoms with Crippen molar-refractivity contribution in [2.75, 3.05) is 0 Å². The molecule has 0 radical (unpaired) electrons. The summed E-state index contributed by atoms with van der Waals surface area (Å²) >= 11 is 0. The Morgan fingerprint density at radius 2 is 1.34 bits per heavy atom. The molecular formula is C28H37F. The molecule has 1 heteroatoms. The third-order valence-corrected chi connectivity index (χ3v) is 6.32. The Morgan fingerprint density at radius 1 is 0.759 bits per heavy atom. The summed E-state index contributed by atoms with van der Waals surface area (Å²) in [6.45, 7) is 2.27. The molecule has 1 aliphatic rings. The summed E-state index contributed by atoms with van der Waals surface area (Å²) in [5.41, 5.74) is 5.17. The molecule has 0 N–H and O–H groups in total. The largest absolute Gasteiger partial charge is 0.247 e. The van der Waals surface area contributed by atoms with Crippen LogP contribution in [-0.2, 0) is 0 Å². The highest BCUT2D eigenvalue weighted by Gasteiger charge is 2.21. The Balaban J connectivity index is 1.46. The molecule has 2 aromatic carbocycles. The van der Waals surface area contributed by atoms with E-state index < -0.39 is 6.17 Å². The third-order valence-electron chi connectivity index (χ3n) is 6.32. The van der Waals surface area contributed by atoms with Crippen LogP contribution < -0.4 is 0 Å². The molecule has 0 aliphatic heterocycles. The van der Waals surface area contributed by atoms with E-state index in [2.05, 4.69) is 67.6 Å². The second-order valence-corrected chi connectivity index (χ2v) is 8.65. The first kappa shape index (κ1) is 21.8. The maximum Gasteiger partial charge on any atom is 0.100 e. The molecule has 0 unspecified atom stereocenters. The standard InChI is InChI=1S/C28H37F/c1-2-3-4-5-6-7-8-9-10-23-11-13-24(14-12-23)25-15-17-26(18-16-25)27-19-21-28(29)22-20-27/h9-18,27-28H,2-8,19-22H2,1H3/b10-9+. The average molecular weight is 393 g/mol. The van der Waals surface area contributed by atoms with Crippen LogP contribution in [0.25, 0.3) is 17.2 Å². The summed E-state index contributed by atoms with van der Waals surface area (Å²) in [4.78, 5) is 0. The van der Waals surface area contributed by atoms with Crippen molar-refractivity contribution in [1.29, 1.82) is 0 Å². The monoisotopic (exact) mass is 392 g/mol. The van der Waals surface area contributed by atoms with Crippen molar-refractivity contribution in [1.82, 2.24) is 0 Å². The second-order valence-electron chi connectivity index (χ2n) is 8.65. The number of allylic oxidation sites excluding steroid dienone is 1. The average Bonchev–Trinajstić information content (AvgIpc) is 2.77. The molecule has 0 amide bonds. The molecule has 0 bridgehead atoms. The Bertz CT molecular complexity index is 718. The maximum absolute atomic E-state index is 13.4. The summed E-state index contributed by atoms with van der Waals surface area (Å²) in [6, 6.07) is 17.8. The smallest absolute Gasteiger partial charge is 0.100 e. The van der Waals surface area contributed by atoms with Gasteiger partial charge in [0.1, 0.15) is 6.17 Å². The van der Waals surface area contributed by atoms with Gasteiger partial charge in [0.15, 0.2) is 0 Å². The van der Waals surface area contributed by atoms with Crippen molar-refractivity contribution >= 4 is 6.08 Å². The third kappa shape index (κ3) is 7.14. The van der Waals surface area contributed by atoms with E-state index in [4.69, 9.17) is 0 Å². The van der Waals surface area contributed by atoms with E-state index in [1.165, 1.54) is 67.2 Å². The highest BCUT2D eigenvalue weighted by atomic mass is 19.1. The zero-order chi connectivity index (χ0) is 20.3. The minimum absolute atomic E-state index is 0.537. The topological polar surface area (TPSA) is 0 Å². The summed E-state index contributed by atoms with van der Waals surface area (Å²) < 4.78 is 13.4. The lowest BCUT2D eigenvalue weighted by Gasteiger charge is -2.24. The summed E-state index contributed by atoms with van der Waals surface area (Å²) in [5.74, 6) is 0.537. The number of rotatable bonds is 10. The molecule has 1 aliphatic carbocycles. The van der Waals surface area contributed by atoms with E-state index in [1.807, 2.05) is 0 Å². The van der Waals surface area contributed by atoms with Crippen LogP contribution in [0.3, 0.4) is 0 Å². The predicted molar refractivity (Wildman–Crippen MR) is 125 cm³/mol. The quantitative estimate of drug-likeness (QED) is 0.354. The van der Waals surface area contributed by atoms with Crippen molar-refractivity contribution in [3.8, 4) is 11.1 Å². The minimum atomic E-state index is -0.580. The van der Waals surface area contributed by atoms with Gasteiger partial charge in [-0.1, -0.05) is 99.7 Å². The molecule has 1 fully saturated rings. The van der Waals surface area contributed by atoms with Gasteiger partial charge in [0, 0.05) is 0 Å². The number of hydrogen-bond donors (Lipinski definition) is 0. The Labute approximate surface area is 177 Å². The van der Waals surface area contributed by atoms with Crippen LogP contribution in [0.1, 0.15) is 94.6 Å². The van der Waals surface area contributed by atoms with Crippen LogP contribution in [-0.4, -0.2) is 6.17 Å². The van der Waals surface area contributed by atoms with E-state index in [0.717, 1.165) is 25.7 Å². The van der Waals surface area contributed by atoms with E-state index >= 15 is 0 Å². The first-order valence-corrected chi connectivity index (χ1v) is 11.8. The fourth-order valence-corrected chi connectivity index (χ4v) is 4.38. The lowest BCUT2D eigenvalue weighted by atomic mass is 9.83. The number of hydrogen-bond acceptors (Lipinski definition) is 0. The van der Waals surface area contributed by atoms with Gasteiger partial charge in [-0.3, -0.25) is 0 Å². The summed E-state index contributed by atoms with van der Waals surface area (Å²) in [7, 11) is 0. The normalized spacial score (nSPS) is 19.7. The van der Waals surface area contributed by atoms with Gasteiger partial charge in [0.05, 0.1) is 0 Å². The molecule has 29 heavy (non-hydrogen) atoms. The Kier molecular flexibility index (Phi) is 8.99. The zero-order valence-electron chi connectivity index (χ0n) is 18.1. The van der Waals surface area contributed by atoms with Crippen LogP contribution in [0.5, 0.6) is 0 Å². The molecule has 0 aromatic heterocycles. The van der Waals surface area contributed by atoms with E-state index in [1.54, 1.807) is 0 Å². The van der Waals surface area contributed by atoms with Gasteiger partial charge >= 0.3 is 0 Å². The molecule has 1 saturated carbocycles. The van der Waals surface area contributed by atoms with Gasteiger partial charge in [0.2, 0.25) is 0 Å². The van der Waals surface area contributed by atoms with Crippen LogP contribution in [0.2, 0.25) is 0 Å². The molecule has 156 valence electrons. The van der Waals surface area contributed by atoms with Gasteiger partial charge in [-0.15, -0.1) is 0 Å². The van der Waals surface area contributed by atoms with E-state index in [0.29, 0.717) is 5.92 Å². The minimum Gasteiger partial charge on any atom is -0.247 e. The van der Waals surface area contributed by atoms with Crippen molar-refractivity contribution in [2.24, 2.45) is 0 Å². The molecule has 3 rings (SSSR count). The van der Waals surface area contributed by atoms with Crippen molar-refractivity contribution in [3.63, 3.8) is 0 Å². The SMILES string of the molecule is CCCCCCCC/C=C/c1ccc(-c2ccc(C3CCC(F)CC3)cc2)cc1. The Morgan fingerprint density at radius 3 is 2.00 bits per heavy atom. The number of alkyl halides is 1. The second kappa shape index (κ2) is 12.0. The van der Waals surface area contributed by atoms with E-state index in [-0.39, 0.29) is 0 Å². The van der Waals surface area contributed by atoms with Gasteiger partial charge in [-0.2, -0.15) is 0 Å². The van der Waals surface area contributed by atoms with Crippen molar-refractivity contribution in [2.45, 2.75) is 89.6 Å². The van der Waals surface area contributed by atoms with Crippen LogP contribution >= 0.6 is 0 Å². The van der Waals surface area contributed by atoms with Gasteiger partial charge in [-0.25, -0.2) is 4.39 Å². The molecule has 0 spiro atoms. The van der Waals surface area contributed by atoms with Crippen LogP contribution in [0.15, 0.2) is 54.6 Å². The van der Waals surface area contributed by atoms with Crippen molar-refractivity contribution < 1.29 is 4.39 Å². The number of unbranched alkanes of at least 4 members (excludes halogenated alkanes) is 6. The van der Waals surface area contributed by atoms with Gasteiger partial charge in [0.25, 0.3) is 0 Å². The zero-order valence-corrected chi connectivity index (χ0v) is 18.1. The number of halogens is 1. The molecule has 0 atom stereocenters. The van der Waals surface area contributed by atoms with Crippen molar-refractivity contribution in [3.05, 3.63) is 65.7 Å². The highest BCUT2D eigenvalue weighted by Crippen LogP contribution is 2.34. The maximum atomic E-state index is 13.4. The molecule has 2 aromatic rings. The van der Waals surface area contributed by atoms with Gasteiger partial charge < -0.3 is 0 Å². The number of benzene rings is 2. The molecular weight excluding hydrogens is 355 g/mol. The Hall–Kier alpha value is -1.89. The fraction of sp³-hybridized carbons (Fsp3) is 0.500. The molecule has 0 saturated heterocycles. The lowest BCUT2D eigenvalue weighted by Crippen LogP contribution is -2.13. The van der Waals surface area contributed by atoms with Crippen LogP contribution in [0, 0.1) is 0 Å². The van der Waals surface area contributed by atoms with Gasteiger partial charge in [-0.05, 0) is 66.7 Å². The fourth-order valence-electron chi connectivity index (χ4n) is 4.38. The highest BCUT2D eigenvalue weighted by molar-refractivity contribution is 5.66. The predicted octanol–water partition coefficient (Wildman–Crippen LogP) is 9.11.